The van der Waals surface area contributed by atoms with Gasteiger partial charge in [-0.15, -0.1) is 0 Å². The Bertz CT molecular complexity index is 1030. The molecule has 2 aliphatic rings. The van der Waals surface area contributed by atoms with E-state index in [1.165, 1.54) is 0 Å². The number of rotatable bonds is 10. The van der Waals surface area contributed by atoms with Crippen molar-refractivity contribution in [2.75, 3.05) is 19.8 Å². The maximum Gasteiger partial charge on any atom is 0.407 e. The summed E-state index contributed by atoms with van der Waals surface area (Å²) in [5.41, 5.74) is 3.15. The normalized spacial score (nSPS) is 19.5. The second-order valence-corrected chi connectivity index (χ2v) is 9.25. The molecule has 1 heterocycles. The van der Waals surface area contributed by atoms with E-state index in [2.05, 4.69) is 34.9 Å². The molecule has 2 aromatic rings. The van der Waals surface area contributed by atoms with Crippen LogP contribution in [0, 0.1) is 0 Å². The molecule has 0 bridgehead atoms. The first-order valence-corrected chi connectivity index (χ1v) is 12.2. The lowest BCUT2D eigenvalue weighted by molar-refractivity contribution is -0.147. The molecule has 4 rings (SSSR count). The summed E-state index contributed by atoms with van der Waals surface area (Å²) in [7, 11) is 0. The van der Waals surface area contributed by atoms with E-state index < -0.39 is 29.6 Å². The number of amides is 2. The smallest absolute Gasteiger partial charge is 0.407 e. The Balaban J connectivity index is 1.37. The molecule has 2 aromatic carbocycles. The molecule has 0 spiro atoms. The predicted molar refractivity (Wildman–Crippen MR) is 130 cm³/mol. The van der Waals surface area contributed by atoms with Crippen molar-refractivity contribution in [2.45, 2.75) is 56.5 Å². The van der Waals surface area contributed by atoms with Gasteiger partial charge in [-0.3, -0.25) is 4.79 Å². The molecule has 8 nitrogen and oxygen atoms in total. The fourth-order valence-corrected chi connectivity index (χ4v) is 4.91. The highest BCUT2D eigenvalue weighted by Crippen LogP contribution is 2.44. The predicted octanol–water partition coefficient (Wildman–Crippen LogP) is 3.83. The molecule has 3 N–H and O–H groups in total. The first-order chi connectivity index (χ1) is 16.9. The summed E-state index contributed by atoms with van der Waals surface area (Å²) in [6, 6.07) is 15.8. The molecule has 1 aliphatic carbocycles. The van der Waals surface area contributed by atoms with Gasteiger partial charge in [-0.2, -0.15) is 0 Å². The lowest BCUT2D eigenvalue weighted by Crippen LogP contribution is -2.56. The molecule has 1 saturated heterocycles. The molecule has 0 radical (unpaired) electrons. The molecule has 2 atom stereocenters. The second-order valence-electron chi connectivity index (χ2n) is 9.25. The highest BCUT2D eigenvalue weighted by Gasteiger charge is 2.44. The number of alkyl carbamates (subject to hydrolysis) is 1. The number of carbonyl (C=O) groups excluding carboxylic acids is 2. The SMILES string of the molecule is CCCC[C@H](CC(=O)NC1(C(=O)O)CCOC1)NC(=O)OCC1c2ccccc2-c2ccccc21. The number of carboxylic acids is 1. The summed E-state index contributed by atoms with van der Waals surface area (Å²) in [6.45, 7) is 2.43. The van der Waals surface area contributed by atoms with E-state index in [-0.39, 0.29) is 38.6 Å². The molecule has 0 saturated carbocycles. The third kappa shape index (κ3) is 5.48. The number of aliphatic carboxylic acids is 1. The van der Waals surface area contributed by atoms with Crippen molar-refractivity contribution in [1.82, 2.24) is 10.6 Å². The number of nitrogens with one attached hydrogen (secondary N) is 2. The monoisotopic (exact) mass is 480 g/mol. The van der Waals surface area contributed by atoms with Crippen LogP contribution in [0.15, 0.2) is 48.5 Å². The Morgan fingerprint density at radius 3 is 2.34 bits per heavy atom. The van der Waals surface area contributed by atoms with Crippen LogP contribution in [0.3, 0.4) is 0 Å². The fourth-order valence-electron chi connectivity index (χ4n) is 4.91. The van der Waals surface area contributed by atoms with Crippen molar-refractivity contribution in [3.8, 4) is 11.1 Å². The zero-order chi connectivity index (χ0) is 24.8. The first-order valence-electron chi connectivity index (χ1n) is 12.2. The number of unbranched alkanes of at least 4 members (excludes halogenated alkanes) is 1. The van der Waals surface area contributed by atoms with Crippen LogP contribution in [0.2, 0.25) is 0 Å². The third-order valence-corrected chi connectivity index (χ3v) is 6.81. The van der Waals surface area contributed by atoms with Crippen molar-refractivity contribution in [1.29, 1.82) is 0 Å². The van der Waals surface area contributed by atoms with Gasteiger partial charge in [0.1, 0.15) is 6.61 Å². The van der Waals surface area contributed by atoms with Gasteiger partial charge in [0.2, 0.25) is 5.91 Å². The molecular formula is C27H32N2O6. The van der Waals surface area contributed by atoms with Gasteiger partial charge in [0.15, 0.2) is 5.54 Å². The summed E-state index contributed by atoms with van der Waals surface area (Å²) in [4.78, 5) is 37.1. The third-order valence-electron chi connectivity index (χ3n) is 6.81. The van der Waals surface area contributed by atoms with Crippen LogP contribution in [0.1, 0.15) is 56.1 Å². The number of fused-ring (bicyclic) bond motifs is 3. The molecule has 8 heteroatoms. The van der Waals surface area contributed by atoms with E-state index in [0.717, 1.165) is 35.1 Å². The quantitative estimate of drug-likeness (QED) is 0.476. The number of hydrogen-bond donors (Lipinski definition) is 3. The number of ether oxygens (including phenoxy) is 2. The Hall–Kier alpha value is -3.39. The largest absolute Gasteiger partial charge is 0.479 e. The van der Waals surface area contributed by atoms with Crippen molar-refractivity contribution < 1.29 is 29.0 Å². The van der Waals surface area contributed by atoms with Gasteiger partial charge >= 0.3 is 12.1 Å². The minimum absolute atomic E-state index is 0.0285. The van der Waals surface area contributed by atoms with Gasteiger partial charge in [-0.1, -0.05) is 68.3 Å². The van der Waals surface area contributed by atoms with Crippen molar-refractivity contribution in [3.05, 3.63) is 59.7 Å². The zero-order valence-electron chi connectivity index (χ0n) is 19.9. The van der Waals surface area contributed by atoms with Gasteiger partial charge in [0, 0.05) is 31.4 Å². The van der Waals surface area contributed by atoms with Crippen LogP contribution in [0.25, 0.3) is 11.1 Å². The maximum atomic E-state index is 12.7. The Morgan fingerprint density at radius 1 is 1.11 bits per heavy atom. The lowest BCUT2D eigenvalue weighted by Gasteiger charge is -2.25. The van der Waals surface area contributed by atoms with Gasteiger partial charge < -0.3 is 25.2 Å². The van der Waals surface area contributed by atoms with Crippen LogP contribution in [0.4, 0.5) is 4.79 Å². The lowest BCUT2D eigenvalue weighted by atomic mass is 9.98. The summed E-state index contributed by atoms with van der Waals surface area (Å²) >= 11 is 0. The van der Waals surface area contributed by atoms with Crippen LogP contribution >= 0.6 is 0 Å². The van der Waals surface area contributed by atoms with Crippen molar-refractivity contribution in [3.63, 3.8) is 0 Å². The summed E-state index contributed by atoms with van der Waals surface area (Å²) in [5.74, 6) is -1.60. The van der Waals surface area contributed by atoms with Crippen LogP contribution in [0.5, 0.6) is 0 Å². The van der Waals surface area contributed by atoms with E-state index >= 15 is 0 Å². The average molecular weight is 481 g/mol. The molecule has 0 aromatic heterocycles. The van der Waals surface area contributed by atoms with E-state index in [1.54, 1.807) is 0 Å². The van der Waals surface area contributed by atoms with E-state index in [9.17, 15) is 19.5 Å². The minimum Gasteiger partial charge on any atom is -0.479 e. The first kappa shape index (κ1) is 24.7. The number of benzene rings is 2. The van der Waals surface area contributed by atoms with E-state index in [1.807, 2.05) is 31.2 Å². The number of carbonyl (C=O) groups is 3. The van der Waals surface area contributed by atoms with Crippen molar-refractivity contribution >= 4 is 18.0 Å². The van der Waals surface area contributed by atoms with Gasteiger partial charge in [0.25, 0.3) is 0 Å². The molecule has 2 amide bonds. The van der Waals surface area contributed by atoms with Crippen molar-refractivity contribution in [2.24, 2.45) is 0 Å². The Morgan fingerprint density at radius 2 is 1.77 bits per heavy atom. The highest BCUT2D eigenvalue weighted by molar-refractivity contribution is 5.88. The van der Waals surface area contributed by atoms with Gasteiger partial charge in [0.05, 0.1) is 6.61 Å². The van der Waals surface area contributed by atoms with Gasteiger partial charge in [-0.25, -0.2) is 9.59 Å². The average Bonchev–Trinajstić information content (AvgIpc) is 3.45. The number of hydrogen-bond acceptors (Lipinski definition) is 5. The van der Waals surface area contributed by atoms with Gasteiger partial charge in [-0.05, 0) is 28.7 Å². The second kappa shape index (κ2) is 10.9. The van der Waals surface area contributed by atoms with E-state index in [4.69, 9.17) is 9.47 Å². The number of carboxylic acid groups (broad SMARTS) is 1. The molecule has 1 fully saturated rings. The zero-order valence-corrected chi connectivity index (χ0v) is 19.9. The Kier molecular flexibility index (Phi) is 7.70. The Labute approximate surface area is 205 Å². The maximum absolute atomic E-state index is 12.7. The standard InChI is InChI=1S/C27H32N2O6/c1-2-3-8-18(15-24(30)29-27(25(31)32)13-14-34-17-27)28-26(33)35-16-23-21-11-6-4-9-19(21)20-10-5-7-12-22(20)23/h4-7,9-12,18,23H,2-3,8,13-17H2,1H3,(H,28,33)(H,29,30)(H,31,32)/t18-,27?/m1/s1. The minimum atomic E-state index is -1.41. The van der Waals surface area contributed by atoms with Crippen LogP contribution in [-0.2, 0) is 19.1 Å². The summed E-state index contributed by atoms with van der Waals surface area (Å²) in [5, 5.41) is 15.0. The summed E-state index contributed by atoms with van der Waals surface area (Å²) < 4.78 is 10.8. The van der Waals surface area contributed by atoms with Crippen LogP contribution < -0.4 is 10.6 Å². The molecule has 1 aliphatic heterocycles. The molecule has 35 heavy (non-hydrogen) atoms. The topological polar surface area (TPSA) is 114 Å². The molecular weight excluding hydrogens is 448 g/mol. The van der Waals surface area contributed by atoms with E-state index in [0.29, 0.717) is 6.42 Å². The molecule has 1 unspecified atom stereocenters. The molecule has 186 valence electrons. The van der Waals surface area contributed by atoms with Crippen LogP contribution in [-0.4, -0.2) is 54.5 Å². The fraction of sp³-hybridized carbons (Fsp3) is 0.444. The highest BCUT2D eigenvalue weighted by atomic mass is 16.5. The summed E-state index contributed by atoms with van der Waals surface area (Å²) in [6.07, 6.45) is 1.90.